The lowest BCUT2D eigenvalue weighted by molar-refractivity contribution is 0.0595. The van der Waals surface area contributed by atoms with Crippen LogP contribution in [0.15, 0.2) is 65.3 Å². The Bertz CT molecular complexity index is 820. The Morgan fingerprint density at radius 2 is 1.88 bits per heavy atom. The van der Waals surface area contributed by atoms with Crippen molar-refractivity contribution >= 4 is 5.97 Å². The van der Waals surface area contributed by atoms with Crippen LogP contribution in [0.3, 0.4) is 0 Å². The summed E-state index contributed by atoms with van der Waals surface area (Å²) in [6.07, 6.45) is 1.59. The van der Waals surface area contributed by atoms with Crippen molar-refractivity contribution in [1.29, 1.82) is 0 Å². The molecule has 0 saturated heterocycles. The number of ether oxygens (including phenoxy) is 2. The van der Waals surface area contributed by atoms with Crippen LogP contribution in [-0.4, -0.2) is 13.1 Å². The zero-order valence-electron chi connectivity index (χ0n) is 13.6. The maximum absolute atomic E-state index is 12.2. The average Bonchev–Trinajstić information content (AvgIpc) is 3.14. The summed E-state index contributed by atoms with van der Waals surface area (Å²) in [6.45, 7) is 2.27. The summed E-state index contributed by atoms with van der Waals surface area (Å²) in [7, 11) is 1.36. The van der Waals surface area contributed by atoms with E-state index in [-0.39, 0.29) is 0 Å². The van der Waals surface area contributed by atoms with Crippen LogP contribution >= 0.6 is 0 Å². The zero-order chi connectivity index (χ0) is 16.9. The van der Waals surface area contributed by atoms with Crippen LogP contribution in [-0.2, 0) is 11.3 Å². The minimum Gasteiger partial charge on any atom is -0.487 e. The van der Waals surface area contributed by atoms with Crippen LogP contribution < -0.4 is 4.74 Å². The summed E-state index contributed by atoms with van der Waals surface area (Å²) in [6, 6.07) is 17.1. The molecule has 3 aromatic rings. The number of benzene rings is 2. The fraction of sp³-hybridized carbons (Fsp3) is 0.150. The van der Waals surface area contributed by atoms with E-state index >= 15 is 0 Å². The molecule has 24 heavy (non-hydrogen) atoms. The first-order chi connectivity index (χ1) is 11.7. The monoisotopic (exact) mass is 322 g/mol. The first-order valence-corrected chi connectivity index (χ1v) is 7.62. The lowest BCUT2D eigenvalue weighted by Crippen LogP contribution is -2.08. The van der Waals surface area contributed by atoms with Gasteiger partial charge in [-0.05, 0) is 42.3 Å². The van der Waals surface area contributed by atoms with Crippen molar-refractivity contribution in [3.63, 3.8) is 0 Å². The van der Waals surface area contributed by atoms with Crippen LogP contribution in [0, 0.1) is 6.92 Å². The predicted molar refractivity (Wildman–Crippen MR) is 91.0 cm³/mol. The molecule has 1 heterocycles. The molecular formula is C20H18O4. The fourth-order valence-corrected chi connectivity index (χ4v) is 2.53. The molecule has 1 aromatic heterocycles. The van der Waals surface area contributed by atoms with Crippen LogP contribution in [0.2, 0.25) is 0 Å². The average molecular weight is 322 g/mol. The molecular weight excluding hydrogens is 304 g/mol. The van der Waals surface area contributed by atoms with E-state index in [0.717, 1.165) is 16.7 Å². The van der Waals surface area contributed by atoms with E-state index in [1.807, 2.05) is 49.4 Å². The molecule has 0 aliphatic carbocycles. The third kappa shape index (κ3) is 3.33. The minimum atomic E-state index is -0.436. The first-order valence-electron chi connectivity index (χ1n) is 7.62. The Labute approximate surface area is 140 Å². The number of esters is 1. The van der Waals surface area contributed by atoms with Gasteiger partial charge in [-0.2, -0.15) is 0 Å². The van der Waals surface area contributed by atoms with E-state index in [4.69, 9.17) is 13.9 Å². The molecule has 0 unspecified atom stereocenters. The van der Waals surface area contributed by atoms with Gasteiger partial charge in [0.15, 0.2) is 0 Å². The highest BCUT2D eigenvalue weighted by Gasteiger charge is 2.20. The summed E-state index contributed by atoms with van der Waals surface area (Å²) in [5.41, 5.74) is 3.06. The van der Waals surface area contributed by atoms with Gasteiger partial charge in [-0.15, -0.1) is 0 Å². The van der Waals surface area contributed by atoms with Crippen molar-refractivity contribution in [2.75, 3.05) is 7.11 Å². The Morgan fingerprint density at radius 3 is 2.54 bits per heavy atom. The Kier molecular flexibility index (Phi) is 4.66. The largest absolute Gasteiger partial charge is 0.487 e. The molecule has 0 saturated carbocycles. The summed E-state index contributed by atoms with van der Waals surface area (Å²) in [4.78, 5) is 12.2. The van der Waals surface area contributed by atoms with Gasteiger partial charge in [0.2, 0.25) is 0 Å². The molecule has 0 N–H and O–H groups in total. The van der Waals surface area contributed by atoms with Crippen molar-refractivity contribution in [1.82, 2.24) is 0 Å². The lowest BCUT2D eigenvalue weighted by Gasteiger charge is -2.15. The van der Waals surface area contributed by atoms with Crippen LogP contribution in [0.25, 0.3) is 11.3 Å². The second-order valence-corrected chi connectivity index (χ2v) is 5.43. The molecule has 4 nitrogen and oxygen atoms in total. The molecule has 0 atom stereocenters. The number of carbonyl (C=O) groups is 1. The third-order valence-electron chi connectivity index (χ3n) is 3.65. The number of rotatable bonds is 5. The van der Waals surface area contributed by atoms with Gasteiger partial charge in [0.1, 0.15) is 23.7 Å². The highest BCUT2D eigenvalue weighted by molar-refractivity contribution is 5.95. The van der Waals surface area contributed by atoms with Gasteiger partial charge in [-0.25, -0.2) is 4.79 Å². The first kappa shape index (κ1) is 15.9. The Hall–Kier alpha value is -3.01. The van der Waals surface area contributed by atoms with Gasteiger partial charge in [-0.3, -0.25) is 0 Å². The molecule has 4 heteroatoms. The highest BCUT2D eigenvalue weighted by atomic mass is 16.5. The van der Waals surface area contributed by atoms with E-state index in [0.29, 0.717) is 23.7 Å². The molecule has 0 fully saturated rings. The molecule has 0 aliphatic heterocycles. The van der Waals surface area contributed by atoms with E-state index in [9.17, 15) is 4.79 Å². The second-order valence-electron chi connectivity index (χ2n) is 5.43. The Balaban J connectivity index is 2.04. The van der Waals surface area contributed by atoms with Gasteiger partial charge in [0.05, 0.1) is 18.9 Å². The fourth-order valence-electron chi connectivity index (χ4n) is 2.53. The molecule has 0 spiro atoms. The Morgan fingerprint density at radius 1 is 1.08 bits per heavy atom. The SMILES string of the molecule is COC(=O)c1cc(C)cc(-c2ccco2)c1OCc1ccccc1. The molecule has 0 amide bonds. The van der Waals surface area contributed by atoms with E-state index in [2.05, 4.69) is 0 Å². The molecule has 0 aliphatic rings. The molecule has 122 valence electrons. The van der Waals surface area contributed by atoms with E-state index in [1.165, 1.54) is 7.11 Å². The van der Waals surface area contributed by atoms with Crippen molar-refractivity contribution in [2.24, 2.45) is 0 Å². The number of furan rings is 1. The van der Waals surface area contributed by atoms with Gasteiger partial charge >= 0.3 is 5.97 Å². The van der Waals surface area contributed by atoms with Gasteiger partial charge in [0, 0.05) is 0 Å². The minimum absolute atomic E-state index is 0.349. The van der Waals surface area contributed by atoms with Crippen molar-refractivity contribution in [2.45, 2.75) is 13.5 Å². The van der Waals surface area contributed by atoms with Crippen LogP contribution in [0.5, 0.6) is 5.75 Å². The standard InChI is InChI=1S/C20H18O4/c1-14-11-16(18-9-6-10-23-18)19(17(12-14)20(21)22-2)24-13-15-7-4-3-5-8-15/h3-12H,13H2,1-2H3. The van der Waals surface area contributed by atoms with Crippen molar-refractivity contribution < 1.29 is 18.7 Å². The zero-order valence-corrected chi connectivity index (χ0v) is 13.6. The maximum Gasteiger partial charge on any atom is 0.341 e. The van der Waals surface area contributed by atoms with E-state index < -0.39 is 5.97 Å². The number of aryl methyl sites for hydroxylation is 1. The summed E-state index contributed by atoms with van der Waals surface area (Å²) < 4.78 is 16.4. The summed E-state index contributed by atoms with van der Waals surface area (Å²) in [5.74, 6) is 0.674. The summed E-state index contributed by atoms with van der Waals surface area (Å²) >= 11 is 0. The molecule has 0 radical (unpaired) electrons. The van der Waals surface area contributed by atoms with Crippen LogP contribution in [0.1, 0.15) is 21.5 Å². The van der Waals surface area contributed by atoms with Crippen LogP contribution in [0.4, 0.5) is 0 Å². The smallest absolute Gasteiger partial charge is 0.341 e. The quantitative estimate of drug-likeness (QED) is 0.643. The van der Waals surface area contributed by atoms with Crippen molar-refractivity contribution in [3.05, 3.63) is 77.6 Å². The number of methoxy groups -OCH3 is 1. The normalized spacial score (nSPS) is 10.4. The molecule has 0 bridgehead atoms. The van der Waals surface area contributed by atoms with Gasteiger partial charge in [-0.1, -0.05) is 30.3 Å². The summed E-state index contributed by atoms with van der Waals surface area (Å²) in [5, 5.41) is 0. The van der Waals surface area contributed by atoms with E-state index in [1.54, 1.807) is 18.4 Å². The topological polar surface area (TPSA) is 48.7 Å². The van der Waals surface area contributed by atoms with Gasteiger partial charge < -0.3 is 13.9 Å². The molecule has 3 rings (SSSR count). The molecule has 2 aromatic carbocycles. The predicted octanol–water partition coefficient (Wildman–Crippen LogP) is 4.62. The maximum atomic E-state index is 12.2. The number of carbonyl (C=O) groups excluding carboxylic acids is 1. The third-order valence-corrected chi connectivity index (χ3v) is 3.65. The second kappa shape index (κ2) is 7.04. The van der Waals surface area contributed by atoms with Crippen molar-refractivity contribution in [3.8, 4) is 17.1 Å². The lowest BCUT2D eigenvalue weighted by atomic mass is 10.0. The number of hydrogen-bond donors (Lipinski definition) is 0. The highest BCUT2D eigenvalue weighted by Crippen LogP contribution is 2.36. The van der Waals surface area contributed by atoms with Gasteiger partial charge in [0.25, 0.3) is 0 Å². The number of hydrogen-bond acceptors (Lipinski definition) is 4.